The predicted molar refractivity (Wildman–Crippen MR) is 98.4 cm³/mol. The van der Waals surface area contributed by atoms with Gasteiger partial charge < -0.3 is 14.9 Å². The van der Waals surface area contributed by atoms with Crippen molar-refractivity contribution in [3.8, 4) is 0 Å². The van der Waals surface area contributed by atoms with Crippen LogP contribution < -0.4 is 0 Å². The maximum absolute atomic E-state index is 13.2. The average molecular weight is 392 g/mol. The van der Waals surface area contributed by atoms with Crippen LogP contribution in [0.2, 0.25) is 0 Å². The normalized spacial score (nSPS) is 18.6. The summed E-state index contributed by atoms with van der Waals surface area (Å²) in [4.78, 5) is 33.1. The number of aliphatic carboxylic acids is 2. The molecule has 1 aromatic carbocycles. The summed E-state index contributed by atoms with van der Waals surface area (Å²) in [5.74, 6) is -3.67. The monoisotopic (exact) mass is 392 g/mol. The van der Waals surface area contributed by atoms with Crippen molar-refractivity contribution in [3.63, 3.8) is 0 Å². The Morgan fingerprint density at radius 2 is 1.85 bits per heavy atom. The maximum atomic E-state index is 13.2. The van der Waals surface area contributed by atoms with Crippen molar-refractivity contribution in [1.29, 1.82) is 0 Å². The van der Waals surface area contributed by atoms with Crippen LogP contribution in [0.5, 0.6) is 0 Å². The first kappa shape index (κ1) is 20.3. The van der Waals surface area contributed by atoms with E-state index < -0.39 is 23.2 Å². The zero-order chi connectivity index (χ0) is 20.2. The standard InChI is InChI=1S/C10H8O2S.C9H9FO4/c1-12-10(11)9-6-7-4-2-3-5-8(7)13-9;1-9(8(13)14)4-5(7(11)12)2-3-6(9)10/h2-6H,1H3;2-3H,4H2,1H3,(H,11,12)(H,13,14). The first-order valence-electron chi connectivity index (χ1n) is 7.79. The molecule has 0 saturated heterocycles. The molecule has 0 radical (unpaired) electrons. The Labute approximate surface area is 158 Å². The highest BCUT2D eigenvalue weighted by atomic mass is 32.1. The molecule has 0 amide bonds. The summed E-state index contributed by atoms with van der Waals surface area (Å²) in [6.07, 6.45) is 1.64. The average Bonchev–Trinajstić information content (AvgIpc) is 3.07. The molecule has 1 aromatic heterocycles. The van der Waals surface area contributed by atoms with Crippen molar-refractivity contribution in [2.45, 2.75) is 13.3 Å². The molecule has 0 fully saturated rings. The number of methoxy groups -OCH3 is 1. The number of carboxylic acid groups (broad SMARTS) is 2. The number of allylic oxidation sites excluding steroid dienone is 2. The van der Waals surface area contributed by atoms with Gasteiger partial charge in [0.25, 0.3) is 0 Å². The summed E-state index contributed by atoms with van der Waals surface area (Å²) >= 11 is 1.46. The molecule has 2 aromatic rings. The molecule has 1 atom stereocenters. The zero-order valence-electron chi connectivity index (χ0n) is 14.6. The number of carbonyl (C=O) groups excluding carboxylic acids is 1. The summed E-state index contributed by atoms with van der Waals surface area (Å²) < 4.78 is 18.9. The predicted octanol–water partition coefficient (Wildman–Crippen LogP) is 4.03. The molecule has 0 spiro atoms. The van der Waals surface area contributed by atoms with Crippen LogP contribution in [-0.4, -0.2) is 35.2 Å². The number of halogens is 1. The van der Waals surface area contributed by atoms with Crippen molar-refractivity contribution in [1.82, 2.24) is 0 Å². The van der Waals surface area contributed by atoms with Crippen LogP contribution in [0.4, 0.5) is 4.39 Å². The van der Waals surface area contributed by atoms with Gasteiger partial charge in [0.1, 0.15) is 16.1 Å². The van der Waals surface area contributed by atoms with Crippen molar-refractivity contribution >= 4 is 39.3 Å². The number of hydrogen-bond donors (Lipinski definition) is 2. The molecule has 1 aliphatic carbocycles. The van der Waals surface area contributed by atoms with Gasteiger partial charge in [-0.2, -0.15) is 0 Å². The fraction of sp³-hybridized carbons (Fsp3) is 0.211. The highest BCUT2D eigenvalue weighted by Gasteiger charge is 2.41. The number of esters is 1. The number of benzene rings is 1. The Kier molecular flexibility index (Phi) is 6.12. The number of fused-ring (bicyclic) bond motifs is 1. The Hall–Kier alpha value is -3.00. The molecule has 2 N–H and O–H groups in total. The SMILES string of the molecule is CC1(C(=O)O)CC(C(=O)O)=CC=C1F.COC(=O)c1cc2ccccc2s1. The number of carboxylic acids is 2. The minimum absolute atomic E-state index is 0.101. The van der Waals surface area contributed by atoms with Crippen molar-refractivity contribution in [2.24, 2.45) is 5.41 Å². The van der Waals surface area contributed by atoms with Crippen LogP contribution in [0, 0.1) is 5.41 Å². The molecule has 0 saturated carbocycles. The summed E-state index contributed by atoms with van der Waals surface area (Å²) in [5, 5.41) is 18.5. The molecule has 0 aliphatic heterocycles. The Morgan fingerprint density at radius 1 is 1.19 bits per heavy atom. The minimum Gasteiger partial charge on any atom is -0.481 e. The van der Waals surface area contributed by atoms with Crippen LogP contribution in [0.15, 0.2) is 53.9 Å². The van der Waals surface area contributed by atoms with Crippen molar-refractivity contribution < 1.29 is 33.7 Å². The number of carbonyl (C=O) groups is 3. The molecule has 27 heavy (non-hydrogen) atoms. The van der Waals surface area contributed by atoms with Gasteiger partial charge in [0.2, 0.25) is 0 Å². The van der Waals surface area contributed by atoms with E-state index in [-0.39, 0.29) is 18.0 Å². The smallest absolute Gasteiger partial charge is 0.348 e. The third-order valence-corrected chi connectivity index (χ3v) is 5.16. The van der Waals surface area contributed by atoms with Gasteiger partial charge in [-0.1, -0.05) is 18.2 Å². The first-order chi connectivity index (χ1) is 12.7. The van der Waals surface area contributed by atoms with E-state index >= 15 is 0 Å². The Balaban J connectivity index is 0.000000194. The molecular weight excluding hydrogens is 375 g/mol. The molecule has 142 valence electrons. The van der Waals surface area contributed by atoms with Gasteiger partial charge in [-0.25, -0.2) is 14.0 Å². The van der Waals surface area contributed by atoms with Gasteiger partial charge in [-0.3, -0.25) is 4.79 Å². The van der Waals surface area contributed by atoms with Crippen LogP contribution in [-0.2, 0) is 14.3 Å². The molecule has 0 bridgehead atoms. The second-order valence-corrected chi connectivity index (χ2v) is 7.05. The second kappa shape index (κ2) is 8.13. The van der Waals surface area contributed by atoms with E-state index in [0.29, 0.717) is 4.88 Å². The van der Waals surface area contributed by atoms with E-state index in [1.165, 1.54) is 18.4 Å². The van der Waals surface area contributed by atoms with Crippen LogP contribution in [0.1, 0.15) is 23.0 Å². The number of rotatable bonds is 3. The minimum atomic E-state index is -1.75. The lowest BCUT2D eigenvalue weighted by Gasteiger charge is -2.25. The van der Waals surface area contributed by atoms with E-state index in [0.717, 1.165) is 29.2 Å². The summed E-state index contributed by atoms with van der Waals surface area (Å²) in [6, 6.07) is 9.74. The maximum Gasteiger partial charge on any atom is 0.348 e. The van der Waals surface area contributed by atoms with Gasteiger partial charge in [0.05, 0.1) is 7.11 Å². The second-order valence-electron chi connectivity index (χ2n) is 5.97. The van der Waals surface area contributed by atoms with Gasteiger partial charge in [-0.15, -0.1) is 11.3 Å². The van der Waals surface area contributed by atoms with E-state index in [1.807, 2.05) is 30.3 Å². The molecule has 1 heterocycles. The number of hydrogen-bond acceptors (Lipinski definition) is 5. The van der Waals surface area contributed by atoms with Crippen molar-refractivity contribution in [3.05, 3.63) is 58.8 Å². The largest absolute Gasteiger partial charge is 0.481 e. The van der Waals surface area contributed by atoms with Crippen LogP contribution in [0.3, 0.4) is 0 Å². The van der Waals surface area contributed by atoms with Gasteiger partial charge in [0, 0.05) is 16.7 Å². The topological polar surface area (TPSA) is 101 Å². The molecule has 1 unspecified atom stereocenters. The Morgan fingerprint density at radius 3 is 2.41 bits per heavy atom. The first-order valence-corrected chi connectivity index (χ1v) is 8.61. The molecule has 1 aliphatic rings. The van der Waals surface area contributed by atoms with Gasteiger partial charge in [-0.05, 0) is 36.6 Å². The van der Waals surface area contributed by atoms with Crippen LogP contribution >= 0.6 is 11.3 Å². The van der Waals surface area contributed by atoms with Gasteiger partial charge in [0.15, 0.2) is 0 Å². The zero-order valence-corrected chi connectivity index (χ0v) is 15.4. The fourth-order valence-corrected chi connectivity index (χ4v) is 3.37. The summed E-state index contributed by atoms with van der Waals surface area (Å²) in [6.45, 7) is 1.16. The molecular formula is C19H17FO6S. The lowest BCUT2D eigenvalue weighted by atomic mass is 9.79. The Bertz CT molecular complexity index is 925. The van der Waals surface area contributed by atoms with Gasteiger partial charge >= 0.3 is 17.9 Å². The van der Waals surface area contributed by atoms with E-state index in [4.69, 9.17) is 10.2 Å². The lowest BCUT2D eigenvalue weighted by molar-refractivity contribution is -0.146. The quantitative estimate of drug-likeness (QED) is 0.765. The van der Waals surface area contributed by atoms with Crippen LogP contribution in [0.25, 0.3) is 10.1 Å². The highest BCUT2D eigenvalue weighted by molar-refractivity contribution is 7.20. The van der Waals surface area contributed by atoms with E-state index in [2.05, 4.69) is 4.74 Å². The third-order valence-electron chi connectivity index (χ3n) is 4.06. The third kappa shape index (κ3) is 4.40. The summed E-state index contributed by atoms with van der Waals surface area (Å²) in [5.41, 5.74) is -1.85. The molecule has 6 nitrogen and oxygen atoms in total. The van der Waals surface area contributed by atoms with E-state index in [1.54, 1.807) is 0 Å². The fourth-order valence-electron chi connectivity index (χ4n) is 2.39. The molecule has 8 heteroatoms. The highest BCUT2D eigenvalue weighted by Crippen LogP contribution is 2.38. The van der Waals surface area contributed by atoms with E-state index in [9.17, 15) is 18.8 Å². The summed E-state index contributed by atoms with van der Waals surface area (Å²) in [7, 11) is 1.40. The number of thiophene rings is 1. The van der Waals surface area contributed by atoms with Crippen molar-refractivity contribution in [2.75, 3.05) is 7.11 Å². The number of ether oxygens (including phenoxy) is 1. The molecule has 3 rings (SSSR count). The lowest BCUT2D eigenvalue weighted by Crippen LogP contribution is -2.31.